The van der Waals surface area contributed by atoms with Crippen molar-refractivity contribution >= 4 is 33.0 Å². The Morgan fingerprint density at radius 1 is 1.00 bits per heavy atom. The van der Waals surface area contributed by atoms with E-state index in [1.165, 1.54) is 11.2 Å². The second-order valence-electron chi connectivity index (χ2n) is 8.32. The molecule has 35 heavy (non-hydrogen) atoms. The molecule has 1 amide bonds. The molecule has 0 fully saturated rings. The van der Waals surface area contributed by atoms with Gasteiger partial charge in [-0.2, -0.15) is 0 Å². The Bertz CT molecular complexity index is 1450. The fraction of sp³-hybridized carbons (Fsp3) is 0.154. The summed E-state index contributed by atoms with van der Waals surface area (Å²) >= 11 is 0. The fourth-order valence-corrected chi connectivity index (χ4v) is 6.05. The van der Waals surface area contributed by atoms with Crippen molar-refractivity contribution in [2.45, 2.75) is 18.4 Å². The lowest BCUT2D eigenvalue weighted by Gasteiger charge is -2.25. The van der Waals surface area contributed by atoms with Crippen LogP contribution in [-0.2, 0) is 21.4 Å². The first kappa shape index (κ1) is 22.7. The van der Waals surface area contributed by atoms with Gasteiger partial charge in [-0.1, -0.05) is 48.5 Å². The standard InChI is InChI=1S/C26H25N5O3S/c1-19(32)29-21-11-12-26-25(15-21)30(17-22-16-27-18-28-22)13-14-31(35(26,33)34)24-10-6-5-9-23(24)20-7-3-2-4-8-20/h2-12,15-16,18H,13-14,17H2,1H3,(H,27,28)(H,29,32). The minimum absolute atomic E-state index is 0.187. The van der Waals surface area contributed by atoms with Crippen molar-refractivity contribution in [3.8, 4) is 11.1 Å². The molecule has 2 heterocycles. The van der Waals surface area contributed by atoms with Gasteiger partial charge in [-0.3, -0.25) is 9.10 Å². The zero-order valence-electron chi connectivity index (χ0n) is 19.2. The maximum absolute atomic E-state index is 14.1. The van der Waals surface area contributed by atoms with Crippen LogP contribution in [0, 0.1) is 0 Å². The number of hydrogen-bond donors (Lipinski definition) is 2. The number of carbonyl (C=O) groups excluding carboxylic acids is 1. The predicted molar refractivity (Wildman–Crippen MR) is 137 cm³/mol. The number of imidazole rings is 1. The van der Waals surface area contributed by atoms with E-state index in [4.69, 9.17) is 0 Å². The third-order valence-corrected chi connectivity index (χ3v) is 7.80. The molecule has 0 aliphatic carbocycles. The van der Waals surface area contributed by atoms with Crippen molar-refractivity contribution in [2.24, 2.45) is 0 Å². The van der Waals surface area contributed by atoms with Gasteiger partial charge in [0.05, 0.1) is 36.5 Å². The fourth-order valence-electron chi connectivity index (χ4n) is 4.38. The number of para-hydroxylation sites is 1. The maximum Gasteiger partial charge on any atom is 0.266 e. The van der Waals surface area contributed by atoms with Gasteiger partial charge in [0.15, 0.2) is 0 Å². The third kappa shape index (κ3) is 4.50. The van der Waals surface area contributed by atoms with E-state index < -0.39 is 10.0 Å². The van der Waals surface area contributed by atoms with Crippen molar-refractivity contribution in [3.05, 3.63) is 91.0 Å². The highest BCUT2D eigenvalue weighted by molar-refractivity contribution is 7.93. The van der Waals surface area contributed by atoms with Crippen LogP contribution in [-0.4, -0.2) is 37.4 Å². The van der Waals surface area contributed by atoms with Crippen molar-refractivity contribution in [2.75, 3.05) is 27.6 Å². The molecule has 8 nitrogen and oxygen atoms in total. The molecule has 3 aromatic carbocycles. The number of nitrogens with zero attached hydrogens (tertiary/aromatic N) is 3. The van der Waals surface area contributed by atoms with Gasteiger partial charge in [0, 0.05) is 30.9 Å². The van der Waals surface area contributed by atoms with Crippen LogP contribution in [0.5, 0.6) is 0 Å². The molecule has 2 N–H and O–H groups in total. The van der Waals surface area contributed by atoms with Crippen LogP contribution in [0.25, 0.3) is 11.1 Å². The van der Waals surface area contributed by atoms with Gasteiger partial charge >= 0.3 is 0 Å². The molecule has 1 aromatic heterocycles. The molecule has 178 valence electrons. The Morgan fingerprint density at radius 2 is 1.77 bits per heavy atom. The Labute approximate surface area is 204 Å². The Kier molecular flexibility index (Phi) is 6.00. The van der Waals surface area contributed by atoms with Gasteiger partial charge in [-0.05, 0) is 29.8 Å². The normalized spacial score (nSPS) is 14.8. The van der Waals surface area contributed by atoms with E-state index in [1.54, 1.807) is 30.7 Å². The van der Waals surface area contributed by atoms with Gasteiger partial charge in [0.25, 0.3) is 10.0 Å². The summed E-state index contributed by atoms with van der Waals surface area (Å²) in [5.74, 6) is -0.222. The van der Waals surface area contributed by atoms with E-state index in [9.17, 15) is 13.2 Å². The second-order valence-corrected chi connectivity index (χ2v) is 10.2. The third-order valence-electron chi connectivity index (χ3n) is 5.93. The monoisotopic (exact) mass is 487 g/mol. The summed E-state index contributed by atoms with van der Waals surface area (Å²) in [6, 6.07) is 22.2. The number of H-pyrrole nitrogens is 1. The lowest BCUT2D eigenvalue weighted by Crippen LogP contribution is -2.35. The summed E-state index contributed by atoms with van der Waals surface area (Å²) in [5, 5.41) is 2.76. The predicted octanol–water partition coefficient (Wildman–Crippen LogP) is 4.25. The molecule has 1 aliphatic rings. The molecule has 0 saturated heterocycles. The first-order chi connectivity index (χ1) is 16.9. The number of benzene rings is 3. The van der Waals surface area contributed by atoms with E-state index >= 15 is 0 Å². The SMILES string of the molecule is CC(=O)Nc1ccc2c(c1)N(Cc1cnc[nH]1)CCN(c1ccccc1-c1ccccc1)S2(=O)=O. The zero-order valence-corrected chi connectivity index (χ0v) is 20.0. The van der Waals surface area contributed by atoms with Crippen LogP contribution < -0.4 is 14.5 Å². The lowest BCUT2D eigenvalue weighted by molar-refractivity contribution is -0.114. The molecule has 0 spiro atoms. The number of hydrogen-bond acceptors (Lipinski definition) is 5. The number of fused-ring (bicyclic) bond motifs is 1. The number of nitrogens with one attached hydrogen (secondary N) is 2. The number of amides is 1. The molecule has 0 atom stereocenters. The van der Waals surface area contributed by atoms with Crippen LogP contribution in [0.15, 0.2) is 90.2 Å². The molecule has 1 aliphatic heterocycles. The highest BCUT2D eigenvalue weighted by Crippen LogP contribution is 2.39. The Balaban J connectivity index is 1.64. The van der Waals surface area contributed by atoms with E-state index in [2.05, 4.69) is 15.3 Å². The molecule has 0 bridgehead atoms. The topological polar surface area (TPSA) is 98.4 Å². The molecule has 5 rings (SSSR count). The van der Waals surface area contributed by atoms with Crippen molar-refractivity contribution < 1.29 is 13.2 Å². The zero-order chi connectivity index (χ0) is 24.4. The number of aromatic nitrogens is 2. The number of aromatic amines is 1. The van der Waals surface area contributed by atoms with Gasteiger partial charge in [0.1, 0.15) is 4.90 Å². The van der Waals surface area contributed by atoms with E-state index in [0.717, 1.165) is 16.8 Å². The number of anilines is 3. The summed E-state index contributed by atoms with van der Waals surface area (Å²) in [6.45, 7) is 2.57. The van der Waals surface area contributed by atoms with Gasteiger partial charge in [0.2, 0.25) is 5.91 Å². The highest BCUT2D eigenvalue weighted by atomic mass is 32.2. The Morgan fingerprint density at radius 3 is 2.51 bits per heavy atom. The highest BCUT2D eigenvalue weighted by Gasteiger charge is 2.34. The van der Waals surface area contributed by atoms with Crippen LogP contribution in [0.2, 0.25) is 0 Å². The van der Waals surface area contributed by atoms with Crippen LogP contribution >= 0.6 is 0 Å². The minimum Gasteiger partial charge on any atom is -0.363 e. The summed E-state index contributed by atoms with van der Waals surface area (Å²) < 4.78 is 29.6. The molecule has 0 radical (unpaired) electrons. The summed E-state index contributed by atoms with van der Waals surface area (Å²) in [6.07, 6.45) is 3.32. The van der Waals surface area contributed by atoms with Gasteiger partial charge in [-0.15, -0.1) is 0 Å². The first-order valence-electron chi connectivity index (χ1n) is 11.2. The van der Waals surface area contributed by atoms with E-state index in [1.807, 2.05) is 59.5 Å². The maximum atomic E-state index is 14.1. The van der Waals surface area contributed by atoms with Crippen molar-refractivity contribution in [1.29, 1.82) is 0 Å². The minimum atomic E-state index is -3.91. The van der Waals surface area contributed by atoms with Crippen molar-refractivity contribution in [1.82, 2.24) is 9.97 Å². The number of sulfonamides is 1. The van der Waals surface area contributed by atoms with Crippen LogP contribution in [0.1, 0.15) is 12.6 Å². The average molecular weight is 488 g/mol. The van der Waals surface area contributed by atoms with Crippen LogP contribution in [0.3, 0.4) is 0 Å². The largest absolute Gasteiger partial charge is 0.363 e. The molecule has 9 heteroatoms. The van der Waals surface area contributed by atoms with Crippen LogP contribution in [0.4, 0.5) is 17.1 Å². The number of rotatable bonds is 5. The average Bonchev–Trinajstić information content (AvgIpc) is 3.33. The van der Waals surface area contributed by atoms with E-state index in [-0.39, 0.29) is 17.3 Å². The summed E-state index contributed by atoms with van der Waals surface area (Å²) in [7, 11) is -3.91. The number of carbonyl (C=O) groups is 1. The second kappa shape index (κ2) is 9.27. The van der Waals surface area contributed by atoms with Gasteiger partial charge < -0.3 is 15.2 Å². The smallest absolute Gasteiger partial charge is 0.266 e. The summed E-state index contributed by atoms with van der Waals surface area (Å²) in [5.41, 5.74) is 4.34. The molecule has 4 aromatic rings. The molecular weight excluding hydrogens is 462 g/mol. The molecular formula is C26H25N5O3S. The summed E-state index contributed by atoms with van der Waals surface area (Å²) in [4.78, 5) is 21.0. The van der Waals surface area contributed by atoms with E-state index in [0.29, 0.717) is 30.2 Å². The van der Waals surface area contributed by atoms with Crippen molar-refractivity contribution in [3.63, 3.8) is 0 Å². The lowest BCUT2D eigenvalue weighted by atomic mass is 10.0. The molecule has 0 unspecified atom stereocenters. The van der Waals surface area contributed by atoms with Gasteiger partial charge in [-0.25, -0.2) is 13.4 Å². The first-order valence-corrected chi connectivity index (χ1v) is 12.7. The Hall–Kier alpha value is -4.11. The quantitative estimate of drug-likeness (QED) is 0.439. The molecule has 0 saturated carbocycles.